The number of hydrogen-bond acceptors (Lipinski definition) is 3. The van der Waals surface area contributed by atoms with Crippen LogP contribution in [-0.4, -0.2) is 20.1 Å². The van der Waals surface area contributed by atoms with Gasteiger partial charge in [0.05, 0.1) is 20.3 Å². The molecule has 2 aromatic carbocycles. The van der Waals surface area contributed by atoms with Gasteiger partial charge in [-0.3, -0.25) is 4.79 Å². The van der Waals surface area contributed by atoms with Crippen molar-refractivity contribution in [3.63, 3.8) is 0 Å². The van der Waals surface area contributed by atoms with Gasteiger partial charge in [-0.15, -0.1) is 0 Å². The molecular weight excluding hydrogens is 314 g/mol. The summed E-state index contributed by atoms with van der Waals surface area (Å²) in [4.78, 5) is 12.6. The summed E-state index contributed by atoms with van der Waals surface area (Å²) in [6.45, 7) is 6.39. The van der Waals surface area contributed by atoms with E-state index in [1.54, 1.807) is 32.4 Å². The summed E-state index contributed by atoms with van der Waals surface area (Å²) in [5.74, 6) is 1.66. The third kappa shape index (κ3) is 5.24. The monoisotopic (exact) mass is 341 g/mol. The summed E-state index contributed by atoms with van der Waals surface area (Å²) in [6, 6.07) is 13.5. The number of methoxy groups -OCH3 is 2. The molecule has 0 aliphatic carbocycles. The lowest BCUT2D eigenvalue weighted by Crippen LogP contribution is -2.26. The van der Waals surface area contributed by atoms with Gasteiger partial charge in [0, 0.05) is 11.6 Å². The molecule has 2 rings (SSSR count). The van der Waals surface area contributed by atoms with E-state index in [9.17, 15) is 4.79 Å². The number of carbonyl (C=O) groups excluding carboxylic acids is 1. The van der Waals surface area contributed by atoms with Crippen LogP contribution in [0.1, 0.15) is 48.3 Å². The van der Waals surface area contributed by atoms with E-state index in [2.05, 4.69) is 43.4 Å². The molecule has 1 N–H and O–H groups in total. The van der Waals surface area contributed by atoms with Gasteiger partial charge in [-0.05, 0) is 42.5 Å². The Morgan fingerprint density at radius 2 is 1.52 bits per heavy atom. The van der Waals surface area contributed by atoms with Crippen molar-refractivity contribution in [2.75, 3.05) is 14.2 Å². The molecule has 0 saturated heterocycles. The SMILES string of the molecule is COc1cc(OC)cc(C(=O)N[C@H](C)c2ccc(CC(C)C)cc2)c1. The molecule has 2 aromatic rings. The second-order valence-electron chi connectivity index (χ2n) is 6.64. The topological polar surface area (TPSA) is 47.6 Å². The molecule has 0 bridgehead atoms. The van der Waals surface area contributed by atoms with Gasteiger partial charge < -0.3 is 14.8 Å². The fourth-order valence-corrected chi connectivity index (χ4v) is 2.72. The van der Waals surface area contributed by atoms with Crippen molar-refractivity contribution in [3.8, 4) is 11.5 Å². The van der Waals surface area contributed by atoms with Crippen molar-refractivity contribution in [1.29, 1.82) is 0 Å². The molecule has 0 aromatic heterocycles. The molecule has 0 saturated carbocycles. The van der Waals surface area contributed by atoms with E-state index in [-0.39, 0.29) is 11.9 Å². The highest BCUT2D eigenvalue weighted by Gasteiger charge is 2.14. The summed E-state index contributed by atoms with van der Waals surface area (Å²) >= 11 is 0. The second kappa shape index (κ2) is 8.56. The first-order valence-electron chi connectivity index (χ1n) is 8.55. The lowest BCUT2D eigenvalue weighted by atomic mass is 10.00. The van der Waals surface area contributed by atoms with Crippen molar-refractivity contribution in [3.05, 3.63) is 59.2 Å². The molecule has 0 heterocycles. The predicted molar refractivity (Wildman–Crippen MR) is 100 cm³/mol. The first kappa shape index (κ1) is 18.8. The maximum Gasteiger partial charge on any atom is 0.252 e. The Balaban J connectivity index is 2.09. The largest absolute Gasteiger partial charge is 0.497 e. The van der Waals surface area contributed by atoms with Crippen molar-refractivity contribution >= 4 is 5.91 Å². The Hall–Kier alpha value is -2.49. The van der Waals surface area contributed by atoms with Crippen molar-refractivity contribution in [2.24, 2.45) is 5.92 Å². The predicted octanol–water partition coefficient (Wildman–Crippen LogP) is 4.39. The minimum atomic E-state index is -0.157. The smallest absolute Gasteiger partial charge is 0.252 e. The van der Waals surface area contributed by atoms with E-state index < -0.39 is 0 Å². The highest BCUT2D eigenvalue weighted by Crippen LogP contribution is 2.23. The fourth-order valence-electron chi connectivity index (χ4n) is 2.72. The maximum atomic E-state index is 12.6. The molecule has 0 radical (unpaired) electrons. The standard InChI is InChI=1S/C21H27NO3/c1-14(2)10-16-6-8-17(9-7-16)15(3)22-21(23)18-11-19(24-4)13-20(12-18)25-5/h6-9,11-15H,10H2,1-5H3,(H,22,23)/t15-/m1/s1. The Kier molecular flexibility index (Phi) is 6.45. The van der Waals surface area contributed by atoms with Gasteiger partial charge in [0.15, 0.2) is 0 Å². The summed E-state index contributed by atoms with van der Waals surface area (Å²) in [6.07, 6.45) is 1.06. The van der Waals surface area contributed by atoms with Crippen LogP contribution >= 0.6 is 0 Å². The van der Waals surface area contributed by atoms with Crippen LogP contribution in [0.2, 0.25) is 0 Å². The minimum absolute atomic E-state index is 0.0854. The molecule has 134 valence electrons. The number of ether oxygens (including phenoxy) is 2. The van der Waals surface area contributed by atoms with E-state index in [1.165, 1.54) is 5.56 Å². The molecule has 0 fully saturated rings. The zero-order valence-electron chi connectivity index (χ0n) is 15.6. The molecule has 25 heavy (non-hydrogen) atoms. The van der Waals surface area contributed by atoms with Crippen LogP contribution in [0.5, 0.6) is 11.5 Å². The third-order valence-electron chi connectivity index (χ3n) is 4.08. The third-order valence-corrected chi connectivity index (χ3v) is 4.08. The molecule has 0 unspecified atom stereocenters. The van der Waals surface area contributed by atoms with Crippen LogP contribution in [0.3, 0.4) is 0 Å². The van der Waals surface area contributed by atoms with Gasteiger partial charge in [0.25, 0.3) is 5.91 Å². The molecule has 0 spiro atoms. The van der Waals surface area contributed by atoms with Crippen LogP contribution in [0, 0.1) is 5.92 Å². The molecule has 4 nitrogen and oxygen atoms in total. The Morgan fingerprint density at radius 3 is 2.00 bits per heavy atom. The highest BCUT2D eigenvalue weighted by molar-refractivity contribution is 5.95. The fraction of sp³-hybridized carbons (Fsp3) is 0.381. The summed E-state index contributed by atoms with van der Waals surface area (Å²) < 4.78 is 10.4. The molecule has 1 amide bonds. The number of benzene rings is 2. The van der Waals surface area contributed by atoms with Crippen molar-refractivity contribution in [1.82, 2.24) is 5.32 Å². The van der Waals surface area contributed by atoms with E-state index >= 15 is 0 Å². The van der Waals surface area contributed by atoms with Gasteiger partial charge in [-0.25, -0.2) is 0 Å². The van der Waals surface area contributed by atoms with Crippen LogP contribution < -0.4 is 14.8 Å². The number of nitrogens with one attached hydrogen (secondary N) is 1. The molecular formula is C21H27NO3. The molecule has 1 atom stereocenters. The molecule has 0 aliphatic heterocycles. The number of hydrogen-bond donors (Lipinski definition) is 1. The van der Waals surface area contributed by atoms with Gasteiger partial charge in [-0.2, -0.15) is 0 Å². The highest BCUT2D eigenvalue weighted by atomic mass is 16.5. The average Bonchev–Trinajstić information content (AvgIpc) is 2.61. The Labute approximate surface area is 150 Å². The van der Waals surface area contributed by atoms with Crippen LogP contribution in [0.4, 0.5) is 0 Å². The zero-order valence-corrected chi connectivity index (χ0v) is 15.6. The van der Waals surface area contributed by atoms with Gasteiger partial charge >= 0.3 is 0 Å². The van der Waals surface area contributed by atoms with Crippen LogP contribution in [0.15, 0.2) is 42.5 Å². The summed E-state index contributed by atoms with van der Waals surface area (Å²) in [7, 11) is 3.13. The lowest BCUT2D eigenvalue weighted by Gasteiger charge is -2.16. The average molecular weight is 341 g/mol. The van der Waals surface area contributed by atoms with Crippen molar-refractivity contribution < 1.29 is 14.3 Å². The zero-order chi connectivity index (χ0) is 18.4. The van der Waals surface area contributed by atoms with E-state index in [0.29, 0.717) is 23.0 Å². The van der Waals surface area contributed by atoms with E-state index in [0.717, 1.165) is 12.0 Å². The van der Waals surface area contributed by atoms with Gasteiger partial charge in [0.1, 0.15) is 11.5 Å². The number of carbonyl (C=O) groups is 1. The second-order valence-corrected chi connectivity index (χ2v) is 6.64. The quantitative estimate of drug-likeness (QED) is 0.812. The molecule has 4 heteroatoms. The first-order valence-corrected chi connectivity index (χ1v) is 8.55. The Bertz CT molecular complexity index is 685. The van der Waals surface area contributed by atoms with Crippen LogP contribution in [-0.2, 0) is 6.42 Å². The normalized spacial score (nSPS) is 11.9. The Morgan fingerprint density at radius 1 is 0.960 bits per heavy atom. The number of rotatable bonds is 7. The summed E-state index contributed by atoms with van der Waals surface area (Å²) in [5, 5.41) is 3.03. The molecule has 0 aliphatic rings. The van der Waals surface area contributed by atoms with Crippen molar-refractivity contribution in [2.45, 2.75) is 33.2 Å². The first-order chi connectivity index (χ1) is 11.9. The van der Waals surface area contributed by atoms with Crippen LogP contribution in [0.25, 0.3) is 0 Å². The maximum absolute atomic E-state index is 12.6. The lowest BCUT2D eigenvalue weighted by molar-refractivity contribution is 0.0939. The number of amides is 1. The van der Waals surface area contributed by atoms with Gasteiger partial charge in [-0.1, -0.05) is 38.1 Å². The van der Waals surface area contributed by atoms with E-state index in [1.807, 2.05) is 6.92 Å². The minimum Gasteiger partial charge on any atom is -0.497 e. The van der Waals surface area contributed by atoms with Gasteiger partial charge in [0.2, 0.25) is 0 Å². The summed E-state index contributed by atoms with van der Waals surface area (Å²) in [5.41, 5.74) is 2.91. The van der Waals surface area contributed by atoms with E-state index in [4.69, 9.17) is 9.47 Å².